The number of piperidine rings is 1. The molecule has 1 aromatic carbocycles. The number of benzene rings is 1. The summed E-state index contributed by atoms with van der Waals surface area (Å²) in [6, 6.07) is 10.3. The van der Waals surface area contributed by atoms with E-state index in [0.29, 0.717) is 0 Å². The number of amides is 1. The number of hydrogen-bond donors (Lipinski definition) is 0. The zero-order valence-corrected chi connectivity index (χ0v) is 13.2. The number of rotatable bonds is 3. The van der Waals surface area contributed by atoms with Gasteiger partial charge in [-0.25, -0.2) is 4.98 Å². The molecule has 3 nitrogen and oxygen atoms in total. The first kappa shape index (κ1) is 14.3. The largest absolute Gasteiger partial charge is 0.338 e. The van der Waals surface area contributed by atoms with Crippen molar-refractivity contribution < 1.29 is 4.79 Å². The van der Waals surface area contributed by atoms with Gasteiger partial charge in [-0.3, -0.25) is 4.79 Å². The number of carbonyl (C=O) groups excluding carboxylic acids is 1. The summed E-state index contributed by atoms with van der Waals surface area (Å²) in [4.78, 5) is 20.0. The van der Waals surface area contributed by atoms with Gasteiger partial charge in [0.1, 0.15) is 4.88 Å². The second-order valence-corrected chi connectivity index (χ2v) is 6.62. The smallest absolute Gasteiger partial charge is 0.265 e. The summed E-state index contributed by atoms with van der Waals surface area (Å²) in [5, 5.41) is 1.03. The van der Waals surface area contributed by atoms with Gasteiger partial charge >= 0.3 is 0 Å². The van der Waals surface area contributed by atoms with Gasteiger partial charge in [0, 0.05) is 19.5 Å². The molecule has 0 radical (unpaired) electrons. The van der Waals surface area contributed by atoms with Crippen LogP contribution >= 0.6 is 11.3 Å². The van der Waals surface area contributed by atoms with Gasteiger partial charge in [-0.15, -0.1) is 11.3 Å². The lowest BCUT2D eigenvalue weighted by Crippen LogP contribution is -2.35. The van der Waals surface area contributed by atoms with Crippen LogP contribution in [0.5, 0.6) is 0 Å². The van der Waals surface area contributed by atoms with Crippen LogP contribution in [0.2, 0.25) is 0 Å². The first-order chi connectivity index (χ1) is 10.2. The Morgan fingerprint density at radius 3 is 2.62 bits per heavy atom. The summed E-state index contributed by atoms with van der Waals surface area (Å²) in [6.45, 7) is 3.73. The van der Waals surface area contributed by atoms with Gasteiger partial charge < -0.3 is 4.90 Å². The summed E-state index contributed by atoms with van der Waals surface area (Å²) in [7, 11) is 0. The van der Waals surface area contributed by atoms with Crippen LogP contribution in [0.25, 0.3) is 0 Å². The molecule has 1 aliphatic rings. The summed E-state index contributed by atoms with van der Waals surface area (Å²) in [5.41, 5.74) is 2.12. The first-order valence-electron chi connectivity index (χ1n) is 7.53. The number of hydrogen-bond acceptors (Lipinski definition) is 3. The van der Waals surface area contributed by atoms with Gasteiger partial charge in [-0.05, 0) is 31.7 Å². The van der Waals surface area contributed by atoms with Crippen molar-refractivity contribution in [2.45, 2.75) is 32.6 Å². The molecule has 0 spiro atoms. The Balaban J connectivity index is 1.76. The molecule has 1 fully saturated rings. The van der Waals surface area contributed by atoms with E-state index in [4.69, 9.17) is 0 Å². The highest BCUT2D eigenvalue weighted by Gasteiger charge is 2.22. The molecule has 1 aliphatic heterocycles. The van der Waals surface area contributed by atoms with Gasteiger partial charge in [-0.1, -0.05) is 30.3 Å². The molecule has 0 atom stereocenters. The Labute approximate surface area is 129 Å². The summed E-state index contributed by atoms with van der Waals surface area (Å²) < 4.78 is 0. The van der Waals surface area contributed by atoms with Crippen molar-refractivity contribution in [1.82, 2.24) is 9.88 Å². The second kappa shape index (κ2) is 6.39. The quantitative estimate of drug-likeness (QED) is 0.866. The van der Waals surface area contributed by atoms with E-state index in [1.807, 2.05) is 30.0 Å². The van der Waals surface area contributed by atoms with E-state index in [9.17, 15) is 4.79 Å². The first-order valence-corrected chi connectivity index (χ1v) is 8.35. The normalized spacial score (nSPS) is 15.2. The number of nitrogens with zero attached hydrogens (tertiary/aromatic N) is 2. The maximum Gasteiger partial charge on any atom is 0.265 e. The van der Waals surface area contributed by atoms with Gasteiger partial charge in [0.2, 0.25) is 0 Å². The number of aryl methyl sites for hydroxylation is 1. The predicted octanol–water partition coefficient (Wildman–Crippen LogP) is 3.67. The van der Waals surface area contributed by atoms with Gasteiger partial charge in [0.15, 0.2) is 0 Å². The fourth-order valence-electron chi connectivity index (χ4n) is 2.74. The molecule has 0 N–H and O–H groups in total. The molecule has 2 aromatic rings. The van der Waals surface area contributed by atoms with Gasteiger partial charge in [0.25, 0.3) is 5.91 Å². The summed E-state index contributed by atoms with van der Waals surface area (Å²) in [6.07, 6.45) is 4.30. The molecule has 2 heterocycles. The third-order valence-corrected chi connectivity index (χ3v) is 5.02. The fraction of sp³-hybridized carbons (Fsp3) is 0.412. The SMILES string of the molecule is Cc1nc(Cc2ccccc2)sc1C(=O)N1CCCCC1. The lowest BCUT2D eigenvalue weighted by molar-refractivity contribution is 0.0728. The van der Waals surface area contributed by atoms with E-state index in [1.54, 1.807) is 11.3 Å². The predicted molar refractivity (Wildman–Crippen MR) is 85.9 cm³/mol. The monoisotopic (exact) mass is 300 g/mol. The Morgan fingerprint density at radius 1 is 1.19 bits per heavy atom. The summed E-state index contributed by atoms with van der Waals surface area (Å²) in [5.74, 6) is 0.170. The molecule has 4 heteroatoms. The minimum atomic E-state index is 0.170. The van der Waals surface area contributed by atoms with E-state index in [2.05, 4.69) is 17.1 Å². The minimum absolute atomic E-state index is 0.170. The lowest BCUT2D eigenvalue weighted by Gasteiger charge is -2.26. The zero-order chi connectivity index (χ0) is 14.7. The summed E-state index contributed by atoms with van der Waals surface area (Å²) >= 11 is 1.55. The molecule has 1 aromatic heterocycles. The third-order valence-electron chi connectivity index (χ3n) is 3.88. The Hall–Kier alpha value is -1.68. The van der Waals surface area contributed by atoms with Crippen molar-refractivity contribution in [1.29, 1.82) is 0 Å². The number of aromatic nitrogens is 1. The van der Waals surface area contributed by atoms with E-state index in [0.717, 1.165) is 47.9 Å². The van der Waals surface area contributed by atoms with Crippen molar-refractivity contribution in [3.8, 4) is 0 Å². The van der Waals surface area contributed by atoms with Crippen LogP contribution in [0.3, 0.4) is 0 Å². The molecule has 0 aliphatic carbocycles. The van der Waals surface area contributed by atoms with Crippen LogP contribution in [0.4, 0.5) is 0 Å². The zero-order valence-electron chi connectivity index (χ0n) is 12.3. The second-order valence-electron chi connectivity index (χ2n) is 5.54. The highest BCUT2D eigenvalue weighted by molar-refractivity contribution is 7.13. The maximum absolute atomic E-state index is 12.6. The highest BCUT2D eigenvalue weighted by atomic mass is 32.1. The fourth-order valence-corrected chi connectivity index (χ4v) is 3.80. The average Bonchev–Trinajstić information content (AvgIpc) is 2.89. The van der Waals surface area contributed by atoms with Crippen molar-refractivity contribution in [2.24, 2.45) is 0 Å². The highest BCUT2D eigenvalue weighted by Crippen LogP contribution is 2.23. The topological polar surface area (TPSA) is 33.2 Å². The van der Waals surface area contributed by atoms with E-state index < -0.39 is 0 Å². The molecule has 0 bridgehead atoms. The van der Waals surface area contributed by atoms with Crippen LogP contribution < -0.4 is 0 Å². The maximum atomic E-state index is 12.6. The van der Waals surface area contributed by atoms with E-state index in [-0.39, 0.29) is 5.91 Å². The van der Waals surface area contributed by atoms with Crippen LogP contribution in [0.15, 0.2) is 30.3 Å². The molecule has 1 amide bonds. The molecule has 1 saturated heterocycles. The lowest BCUT2D eigenvalue weighted by atomic mass is 10.1. The Bertz CT molecular complexity index is 615. The molecular formula is C17H20N2OS. The molecule has 3 rings (SSSR count). The molecule has 0 saturated carbocycles. The van der Waals surface area contributed by atoms with Crippen LogP contribution in [0.1, 0.15) is 45.2 Å². The molecule has 0 unspecified atom stereocenters. The Kier molecular flexibility index (Phi) is 4.34. The molecule has 21 heavy (non-hydrogen) atoms. The van der Waals surface area contributed by atoms with Crippen LogP contribution in [-0.2, 0) is 6.42 Å². The van der Waals surface area contributed by atoms with Gasteiger partial charge in [-0.2, -0.15) is 0 Å². The molecule has 110 valence electrons. The van der Waals surface area contributed by atoms with Crippen LogP contribution in [-0.4, -0.2) is 28.9 Å². The third kappa shape index (κ3) is 3.32. The van der Waals surface area contributed by atoms with Crippen molar-refractivity contribution in [3.63, 3.8) is 0 Å². The minimum Gasteiger partial charge on any atom is -0.338 e. The van der Waals surface area contributed by atoms with Crippen molar-refractivity contribution in [2.75, 3.05) is 13.1 Å². The average molecular weight is 300 g/mol. The van der Waals surface area contributed by atoms with Crippen molar-refractivity contribution >= 4 is 17.2 Å². The standard InChI is InChI=1S/C17H20N2OS/c1-13-16(17(20)19-10-6-3-7-11-19)21-15(18-13)12-14-8-4-2-5-9-14/h2,4-5,8-9H,3,6-7,10-12H2,1H3. The van der Waals surface area contributed by atoms with Gasteiger partial charge in [0.05, 0.1) is 10.7 Å². The Morgan fingerprint density at radius 2 is 1.90 bits per heavy atom. The van der Waals surface area contributed by atoms with E-state index >= 15 is 0 Å². The van der Waals surface area contributed by atoms with E-state index in [1.165, 1.54) is 12.0 Å². The van der Waals surface area contributed by atoms with Crippen LogP contribution in [0, 0.1) is 6.92 Å². The number of thiazole rings is 1. The number of likely N-dealkylation sites (tertiary alicyclic amines) is 1. The van der Waals surface area contributed by atoms with Crippen molar-refractivity contribution in [3.05, 3.63) is 51.5 Å². The molecular weight excluding hydrogens is 280 g/mol. The number of carbonyl (C=O) groups is 1.